The van der Waals surface area contributed by atoms with E-state index in [-0.39, 0.29) is 5.78 Å². The highest BCUT2D eigenvalue weighted by Gasteiger charge is 2.42. The van der Waals surface area contributed by atoms with Crippen LogP contribution in [0.2, 0.25) is 0 Å². The molecule has 0 aliphatic carbocycles. The Balaban J connectivity index is 3.04. The van der Waals surface area contributed by atoms with Gasteiger partial charge in [-0.25, -0.2) is 0 Å². The van der Waals surface area contributed by atoms with Crippen molar-refractivity contribution in [3.63, 3.8) is 0 Å². The van der Waals surface area contributed by atoms with Gasteiger partial charge in [0.15, 0.2) is 0 Å². The number of benzene rings is 1. The fourth-order valence-electron chi connectivity index (χ4n) is 1.66. The van der Waals surface area contributed by atoms with Gasteiger partial charge in [0.25, 0.3) is 5.78 Å². The molecule has 0 radical (unpaired) electrons. The smallest absolute Gasteiger partial charge is 0.321 e. The van der Waals surface area contributed by atoms with Crippen LogP contribution in [0.4, 0.5) is 0 Å². The molecule has 0 unspecified atom stereocenters. The van der Waals surface area contributed by atoms with E-state index in [1.165, 1.54) is 0 Å². The van der Waals surface area contributed by atoms with E-state index in [0.29, 0.717) is 25.4 Å². The van der Waals surface area contributed by atoms with Crippen molar-refractivity contribution in [3.05, 3.63) is 35.9 Å². The molecule has 4 heteroatoms. The summed E-state index contributed by atoms with van der Waals surface area (Å²) in [6, 6.07) is 8.87. The van der Waals surface area contributed by atoms with Crippen molar-refractivity contribution in [1.82, 2.24) is 0 Å². The number of hydrogen-bond donors (Lipinski definition) is 0. The van der Waals surface area contributed by atoms with Crippen LogP contribution in [-0.2, 0) is 14.2 Å². The number of carbonyl (C=O) groups is 1. The van der Waals surface area contributed by atoms with Crippen LogP contribution in [0.25, 0.3) is 0 Å². The van der Waals surface area contributed by atoms with Crippen molar-refractivity contribution in [1.29, 1.82) is 0 Å². The zero-order valence-corrected chi connectivity index (χ0v) is 11.1. The predicted octanol–water partition coefficient (Wildman–Crippen LogP) is 2.63. The predicted molar refractivity (Wildman–Crippen MR) is 68.4 cm³/mol. The van der Waals surface area contributed by atoms with Gasteiger partial charge in [0, 0.05) is 5.56 Å². The molecule has 4 nitrogen and oxygen atoms in total. The first kappa shape index (κ1) is 14.8. The fourth-order valence-corrected chi connectivity index (χ4v) is 1.66. The van der Waals surface area contributed by atoms with Gasteiger partial charge >= 0.3 is 5.97 Å². The summed E-state index contributed by atoms with van der Waals surface area (Å²) in [5.41, 5.74) is 0.507. The normalized spacial score (nSPS) is 11.5. The van der Waals surface area contributed by atoms with Crippen LogP contribution in [-0.4, -0.2) is 31.6 Å². The third-order valence-electron chi connectivity index (χ3n) is 2.32. The van der Waals surface area contributed by atoms with Crippen LogP contribution in [0.1, 0.15) is 31.1 Å². The minimum atomic E-state index is -1.63. The molecular weight excluding hydrogens is 232 g/mol. The molecule has 0 atom stereocenters. The quantitative estimate of drug-likeness (QED) is 0.527. The van der Waals surface area contributed by atoms with E-state index < -0.39 is 5.97 Å². The van der Waals surface area contributed by atoms with E-state index in [1.807, 2.05) is 6.07 Å². The van der Waals surface area contributed by atoms with E-state index in [1.54, 1.807) is 45.0 Å². The maximum Gasteiger partial charge on any atom is 0.351 e. The highest BCUT2D eigenvalue weighted by atomic mass is 16.9. The van der Waals surface area contributed by atoms with Gasteiger partial charge in [-0.1, -0.05) is 30.3 Å². The van der Waals surface area contributed by atoms with Crippen molar-refractivity contribution in [2.75, 3.05) is 19.8 Å². The Hall–Kier alpha value is -1.23. The molecule has 0 saturated carbocycles. The van der Waals surface area contributed by atoms with Crippen LogP contribution in [0, 0.1) is 0 Å². The fraction of sp³-hybridized carbons (Fsp3) is 0.500. The highest BCUT2D eigenvalue weighted by Crippen LogP contribution is 2.22. The molecule has 0 fully saturated rings. The average Bonchev–Trinajstić information content (AvgIpc) is 2.39. The van der Waals surface area contributed by atoms with E-state index in [0.717, 1.165) is 0 Å². The summed E-state index contributed by atoms with van der Waals surface area (Å²) in [6.45, 7) is 6.39. The first-order valence-electron chi connectivity index (χ1n) is 6.21. The monoisotopic (exact) mass is 252 g/mol. The largest absolute Gasteiger partial charge is 0.351 e. The highest BCUT2D eigenvalue weighted by molar-refractivity contribution is 6.00. The Labute approximate surface area is 108 Å². The van der Waals surface area contributed by atoms with Gasteiger partial charge in [-0.15, -0.1) is 0 Å². The molecule has 1 aromatic rings. The molecule has 0 aliphatic rings. The number of rotatable bonds is 8. The lowest BCUT2D eigenvalue weighted by molar-refractivity contribution is -0.338. The van der Waals surface area contributed by atoms with Gasteiger partial charge in [-0.2, -0.15) is 0 Å². The van der Waals surface area contributed by atoms with Crippen LogP contribution < -0.4 is 0 Å². The zero-order chi connectivity index (χ0) is 13.4. The maximum atomic E-state index is 12.5. The Morgan fingerprint density at radius 1 is 0.944 bits per heavy atom. The lowest BCUT2D eigenvalue weighted by atomic mass is 10.1. The molecule has 0 amide bonds. The van der Waals surface area contributed by atoms with E-state index in [9.17, 15) is 4.79 Å². The summed E-state index contributed by atoms with van der Waals surface area (Å²) in [5, 5.41) is 0. The topological polar surface area (TPSA) is 44.8 Å². The minimum absolute atomic E-state index is 0.311. The third-order valence-corrected chi connectivity index (χ3v) is 2.32. The van der Waals surface area contributed by atoms with Crippen LogP contribution in [0.3, 0.4) is 0 Å². The number of ether oxygens (including phenoxy) is 3. The van der Waals surface area contributed by atoms with Crippen molar-refractivity contribution in [3.8, 4) is 0 Å². The first-order valence-corrected chi connectivity index (χ1v) is 6.21. The Kier molecular flexibility index (Phi) is 5.98. The van der Waals surface area contributed by atoms with Crippen molar-refractivity contribution in [2.24, 2.45) is 0 Å². The minimum Gasteiger partial charge on any atom is -0.321 e. The lowest BCUT2D eigenvalue weighted by Gasteiger charge is -2.30. The number of ketones is 1. The molecule has 18 heavy (non-hydrogen) atoms. The average molecular weight is 252 g/mol. The van der Waals surface area contributed by atoms with Crippen molar-refractivity contribution >= 4 is 5.78 Å². The summed E-state index contributed by atoms with van der Waals surface area (Å²) in [5.74, 6) is -1.94. The van der Waals surface area contributed by atoms with E-state index in [4.69, 9.17) is 14.2 Å². The molecule has 0 spiro atoms. The van der Waals surface area contributed by atoms with Crippen molar-refractivity contribution in [2.45, 2.75) is 26.7 Å². The molecular formula is C14H20O4. The lowest BCUT2D eigenvalue weighted by Crippen LogP contribution is -2.47. The van der Waals surface area contributed by atoms with Gasteiger partial charge < -0.3 is 14.2 Å². The number of hydrogen-bond acceptors (Lipinski definition) is 4. The molecule has 0 saturated heterocycles. The summed E-state index contributed by atoms with van der Waals surface area (Å²) in [4.78, 5) is 12.5. The summed E-state index contributed by atoms with van der Waals surface area (Å²) in [6.07, 6.45) is 0. The van der Waals surface area contributed by atoms with Gasteiger partial charge in [0.2, 0.25) is 0 Å². The van der Waals surface area contributed by atoms with Crippen LogP contribution >= 0.6 is 0 Å². The second-order valence-corrected chi connectivity index (χ2v) is 3.55. The molecule has 1 rings (SSSR count). The standard InChI is InChI=1S/C14H20O4/c1-4-16-14(17-5-2,18-6-3)13(15)12-10-8-7-9-11-12/h7-11H,4-6H2,1-3H3. The summed E-state index contributed by atoms with van der Waals surface area (Å²) in [7, 11) is 0. The molecule has 100 valence electrons. The second-order valence-electron chi connectivity index (χ2n) is 3.55. The second kappa shape index (κ2) is 7.26. The molecule has 0 bridgehead atoms. The van der Waals surface area contributed by atoms with Crippen molar-refractivity contribution < 1.29 is 19.0 Å². The zero-order valence-electron chi connectivity index (χ0n) is 11.1. The molecule has 0 heterocycles. The van der Waals surface area contributed by atoms with Gasteiger partial charge in [0.1, 0.15) is 0 Å². The van der Waals surface area contributed by atoms with Gasteiger partial charge in [-0.3, -0.25) is 4.79 Å². The first-order chi connectivity index (χ1) is 8.70. The molecule has 1 aromatic carbocycles. The van der Waals surface area contributed by atoms with Gasteiger partial charge in [-0.05, 0) is 20.8 Å². The maximum absolute atomic E-state index is 12.5. The Bertz CT molecular complexity index is 344. The summed E-state index contributed by atoms with van der Waals surface area (Å²) < 4.78 is 16.3. The third kappa shape index (κ3) is 3.38. The molecule has 0 N–H and O–H groups in total. The SMILES string of the molecule is CCOC(OCC)(OCC)C(=O)c1ccccc1. The van der Waals surface area contributed by atoms with Gasteiger partial charge in [0.05, 0.1) is 19.8 Å². The molecule has 0 aromatic heterocycles. The number of carbonyl (C=O) groups excluding carboxylic acids is 1. The Morgan fingerprint density at radius 3 is 1.78 bits per heavy atom. The van der Waals surface area contributed by atoms with E-state index in [2.05, 4.69) is 0 Å². The Morgan fingerprint density at radius 2 is 1.39 bits per heavy atom. The molecule has 0 aliphatic heterocycles. The van der Waals surface area contributed by atoms with Crippen LogP contribution in [0.15, 0.2) is 30.3 Å². The number of Topliss-reactive ketones (excluding diaryl/α,β-unsaturated/α-hetero) is 1. The summed E-state index contributed by atoms with van der Waals surface area (Å²) >= 11 is 0. The van der Waals surface area contributed by atoms with E-state index >= 15 is 0 Å². The van der Waals surface area contributed by atoms with Crippen LogP contribution in [0.5, 0.6) is 0 Å².